The molecule has 1 saturated heterocycles. The lowest BCUT2D eigenvalue weighted by Crippen LogP contribution is -2.50. The largest absolute Gasteiger partial charge is 0.353 e. The molecule has 0 aliphatic carbocycles. The number of fused-ring (bicyclic) bond motifs is 2. The molecule has 0 saturated carbocycles. The number of carbonyl (C=O) groups is 1. The summed E-state index contributed by atoms with van der Waals surface area (Å²) in [5.41, 5.74) is 4.68. The quantitative estimate of drug-likeness (QED) is 0.519. The smallest absolute Gasteiger partial charge is 0.256 e. The highest BCUT2D eigenvalue weighted by molar-refractivity contribution is 7.13. The summed E-state index contributed by atoms with van der Waals surface area (Å²) in [6.45, 7) is 10.1. The van der Waals surface area contributed by atoms with E-state index in [1.165, 1.54) is 10.1 Å². The van der Waals surface area contributed by atoms with Crippen LogP contribution in [0.5, 0.6) is 0 Å². The van der Waals surface area contributed by atoms with E-state index in [9.17, 15) is 4.79 Å². The first-order valence-corrected chi connectivity index (χ1v) is 12.2. The molecule has 3 heterocycles. The van der Waals surface area contributed by atoms with Crippen LogP contribution in [0.3, 0.4) is 0 Å². The van der Waals surface area contributed by atoms with Crippen molar-refractivity contribution >= 4 is 56.2 Å². The molecule has 1 atom stereocenters. The van der Waals surface area contributed by atoms with Crippen LogP contribution in [-0.2, 0) is 11.2 Å². The molecular weight excluding hydrogens is 440 g/mol. The first-order chi connectivity index (χ1) is 15.4. The van der Waals surface area contributed by atoms with E-state index >= 15 is 0 Å². The van der Waals surface area contributed by atoms with Crippen molar-refractivity contribution in [1.82, 2.24) is 9.27 Å². The lowest BCUT2D eigenvalue weighted by molar-refractivity contribution is -0.110. The Bertz CT molecular complexity index is 1220. The van der Waals surface area contributed by atoms with Crippen LogP contribution in [0, 0.1) is 0 Å². The average Bonchev–Trinajstić information content (AvgIpc) is 3.34. The Morgan fingerprint density at radius 3 is 2.69 bits per heavy atom. The molecule has 5 rings (SSSR count). The maximum absolute atomic E-state index is 12.3. The third-order valence-corrected chi connectivity index (χ3v) is 7.71. The Kier molecular flexibility index (Phi) is 5.70. The van der Waals surface area contributed by atoms with Crippen LogP contribution in [0.15, 0.2) is 42.0 Å². The molecule has 1 fully saturated rings. The predicted molar refractivity (Wildman–Crippen MR) is 135 cm³/mol. The van der Waals surface area contributed by atoms with Gasteiger partial charge < -0.3 is 10.2 Å². The molecule has 1 aromatic heterocycles. The summed E-state index contributed by atoms with van der Waals surface area (Å²) in [7, 11) is 0. The summed E-state index contributed by atoms with van der Waals surface area (Å²) in [6.07, 6.45) is 0.857. The molecule has 0 bridgehead atoms. The third kappa shape index (κ3) is 3.81. The predicted octanol–water partition coefficient (Wildman–Crippen LogP) is 5.45. The molecule has 5 nitrogen and oxygen atoms in total. The number of nitrogens with one attached hydrogen (secondary N) is 1. The summed E-state index contributed by atoms with van der Waals surface area (Å²) in [6, 6.07) is 12.8. The van der Waals surface area contributed by atoms with Crippen molar-refractivity contribution in [2.24, 2.45) is 0 Å². The van der Waals surface area contributed by atoms with Gasteiger partial charge in [0.25, 0.3) is 5.91 Å². The molecule has 1 unspecified atom stereocenters. The number of anilines is 2. The Morgan fingerprint density at radius 2 is 1.94 bits per heavy atom. The Labute approximate surface area is 197 Å². The molecule has 0 spiro atoms. The van der Waals surface area contributed by atoms with Crippen LogP contribution in [0.4, 0.5) is 11.5 Å². The number of hydrogen-bond acceptors (Lipinski definition) is 5. The number of piperazine rings is 1. The van der Waals surface area contributed by atoms with E-state index in [0.717, 1.165) is 71.4 Å². The Morgan fingerprint density at radius 1 is 1.19 bits per heavy atom. The van der Waals surface area contributed by atoms with Crippen LogP contribution in [0.1, 0.15) is 31.9 Å². The van der Waals surface area contributed by atoms with Gasteiger partial charge in [-0.3, -0.25) is 9.69 Å². The molecule has 7 heteroatoms. The summed E-state index contributed by atoms with van der Waals surface area (Å²) in [5, 5.41) is 4.91. The van der Waals surface area contributed by atoms with E-state index in [1.807, 2.05) is 19.9 Å². The van der Waals surface area contributed by atoms with Crippen molar-refractivity contribution in [1.29, 1.82) is 0 Å². The summed E-state index contributed by atoms with van der Waals surface area (Å²) in [4.78, 5) is 17.3. The molecule has 2 aliphatic rings. The van der Waals surface area contributed by atoms with Gasteiger partial charge in [-0.1, -0.05) is 29.3 Å². The molecule has 32 heavy (non-hydrogen) atoms. The van der Waals surface area contributed by atoms with Crippen molar-refractivity contribution in [2.45, 2.75) is 33.2 Å². The SMILES string of the molecule is CC(C)=C1C(=O)Nc2cc(Cl)c(CC(C)N3CCN(c4nsc5ccccc45)CC3)cc21. The van der Waals surface area contributed by atoms with Crippen molar-refractivity contribution in [2.75, 3.05) is 36.4 Å². The van der Waals surface area contributed by atoms with Gasteiger partial charge in [0, 0.05) is 53.8 Å². The lowest BCUT2D eigenvalue weighted by Gasteiger charge is -2.38. The monoisotopic (exact) mass is 466 g/mol. The zero-order valence-corrected chi connectivity index (χ0v) is 20.2. The van der Waals surface area contributed by atoms with Crippen molar-refractivity contribution in [3.05, 3.63) is 58.1 Å². The minimum atomic E-state index is -0.0352. The molecule has 1 N–H and O–H groups in total. The first-order valence-electron chi connectivity index (χ1n) is 11.1. The van der Waals surface area contributed by atoms with Gasteiger partial charge in [-0.25, -0.2) is 0 Å². The van der Waals surface area contributed by atoms with E-state index in [2.05, 4.69) is 52.4 Å². The zero-order valence-electron chi connectivity index (χ0n) is 18.6. The number of benzene rings is 2. The van der Waals surface area contributed by atoms with Crippen molar-refractivity contribution in [3.63, 3.8) is 0 Å². The Hall–Kier alpha value is -2.41. The fraction of sp³-hybridized carbons (Fsp3) is 0.360. The molecule has 166 valence electrons. The normalized spacial score (nSPS) is 17.6. The van der Waals surface area contributed by atoms with E-state index in [1.54, 1.807) is 11.5 Å². The van der Waals surface area contributed by atoms with Gasteiger partial charge in [-0.05, 0) is 68.6 Å². The van der Waals surface area contributed by atoms with Crippen LogP contribution >= 0.6 is 23.1 Å². The number of carbonyl (C=O) groups excluding carboxylic acids is 1. The molecule has 0 radical (unpaired) electrons. The second kappa shape index (κ2) is 8.50. The van der Waals surface area contributed by atoms with E-state index in [0.29, 0.717) is 6.04 Å². The van der Waals surface area contributed by atoms with Gasteiger partial charge in [0.2, 0.25) is 0 Å². The highest BCUT2D eigenvalue weighted by atomic mass is 35.5. The minimum Gasteiger partial charge on any atom is -0.353 e. The van der Waals surface area contributed by atoms with E-state index < -0.39 is 0 Å². The van der Waals surface area contributed by atoms with Gasteiger partial charge in [-0.2, -0.15) is 4.37 Å². The number of amides is 1. The standard InChI is InChI=1S/C25H27ClN4OS/c1-15(2)23-19-13-17(20(26)14-21(19)27-25(23)31)12-16(3)29-8-10-30(11-9-29)24-18-6-4-5-7-22(18)32-28-24/h4-7,13-14,16H,8-12H2,1-3H3,(H,27,31). The summed E-state index contributed by atoms with van der Waals surface area (Å²) < 4.78 is 5.97. The van der Waals surface area contributed by atoms with Gasteiger partial charge >= 0.3 is 0 Å². The number of hydrogen-bond donors (Lipinski definition) is 1. The van der Waals surface area contributed by atoms with Crippen molar-refractivity contribution < 1.29 is 4.79 Å². The second-order valence-electron chi connectivity index (χ2n) is 8.90. The molecule has 1 amide bonds. The second-order valence-corrected chi connectivity index (χ2v) is 10.1. The topological polar surface area (TPSA) is 48.5 Å². The van der Waals surface area contributed by atoms with Gasteiger partial charge in [0.15, 0.2) is 0 Å². The van der Waals surface area contributed by atoms with Crippen molar-refractivity contribution in [3.8, 4) is 0 Å². The summed E-state index contributed by atoms with van der Waals surface area (Å²) in [5.74, 6) is 1.08. The van der Waals surface area contributed by atoms with E-state index in [-0.39, 0.29) is 5.91 Å². The molecule has 2 aromatic carbocycles. The number of aromatic nitrogens is 1. The fourth-order valence-electron chi connectivity index (χ4n) is 4.81. The maximum atomic E-state index is 12.3. The van der Waals surface area contributed by atoms with Crippen LogP contribution in [-0.4, -0.2) is 47.4 Å². The van der Waals surface area contributed by atoms with Gasteiger partial charge in [0.05, 0.1) is 10.4 Å². The number of rotatable bonds is 4. The van der Waals surface area contributed by atoms with Gasteiger partial charge in [0.1, 0.15) is 5.82 Å². The molecule has 3 aromatic rings. The highest BCUT2D eigenvalue weighted by Gasteiger charge is 2.28. The van der Waals surface area contributed by atoms with Crippen LogP contribution in [0.2, 0.25) is 5.02 Å². The number of allylic oxidation sites excluding steroid dienone is 1. The van der Waals surface area contributed by atoms with Crippen LogP contribution < -0.4 is 10.2 Å². The molecule has 2 aliphatic heterocycles. The third-order valence-electron chi connectivity index (χ3n) is 6.54. The van der Waals surface area contributed by atoms with Crippen LogP contribution in [0.25, 0.3) is 15.7 Å². The average molecular weight is 467 g/mol. The lowest BCUT2D eigenvalue weighted by atomic mass is 9.97. The Balaban J connectivity index is 1.28. The summed E-state index contributed by atoms with van der Waals surface area (Å²) >= 11 is 8.19. The number of nitrogens with zero attached hydrogens (tertiary/aromatic N) is 3. The fourth-order valence-corrected chi connectivity index (χ4v) is 5.85. The molecular formula is C25H27ClN4OS. The minimum absolute atomic E-state index is 0.0352. The maximum Gasteiger partial charge on any atom is 0.256 e. The van der Waals surface area contributed by atoms with E-state index in [4.69, 9.17) is 16.0 Å². The van der Waals surface area contributed by atoms with Gasteiger partial charge in [-0.15, -0.1) is 0 Å². The first kappa shape index (κ1) is 21.4. The number of halogens is 1. The highest BCUT2D eigenvalue weighted by Crippen LogP contribution is 2.38. The zero-order chi connectivity index (χ0) is 22.4.